The number of pyridine rings is 1. The summed E-state index contributed by atoms with van der Waals surface area (Å²) in [5.74, 6) is -2.66. The summed E-state index contributed by atoms with van der Waals surface area (Å²) in [6.07, 6.45) is 2.49. The van der Waals surface area contributed by atoms with E-state index >= 15 is 0 Å². The van der Waals surface area contributed by atoms with Gasteiger partial charge >= 0.3 is 11.9 Å². The van der Waals surface area contributed by atoms with Gasteiger partial charge in [-0.3, -0.25) is 19.3 Å². The van der Waals surface area contributed by atoms with Crippen molar-refractivity contribution in [2.24, 2.45) is 5.92 Å². The topological polar surface area (TPSA) is 120 Å². The third-order valence-corrected chi connectivity index (χ3v) is 4.00. The fourth-order valence-electron chi connectivity index (χ4n) is 2.79. The molecule has 0 spiro atoms. The van der Waals surface area contributed by atoms with E-state index in [1.807, 2.05) is 4.90 Å². The predicted molar refractivity (Wildman–Crippen MR) is 80.3 cm³/mol. The number of hydrogen-bond donors (Lipinski definition) is 3. The van der Waals surface area contributed by atoms with Crippen molar-refractivity contribution in [3.8, 4) is 5.75 Å². The van der Waals surface area contributed by atoms with Crippen LogP contribution >= 0.6 is 0 Å². The van der Waals surface area contributed by atoms with E-state index in [0.717, 1.165) is 13.0 Å². The van der Waals surface area contributed by atoms with Crippen molar-refractivity contribution in [2.75, 3.05) is 13.1 Å². The Kier molecular flexibility index (Phi) is 5.38. The molecular formula is C15H20N2O6. The number of piperidine rings is 1. The molecule has 1 aliphatic heterocycles. The number of carbonyl (C=O) groups is 2. The molecule has 3 N–H and O–H groups in total. The number of nitrogens with zero attached hydrogens (tertiary/aromatic N) is 2. The van der Waals surface area contributed by atoms with E-state index in [1.165, 1.54) is 16.8 Å². The highest BCUT2D eigenvalue weighted by atomic mass is 16.4. The molecular weight excluding hydrogens is 304 g/mol. The molecule has 0 aliphatic carbocycles. The lowest BCUT2D eigenvalue weighted by Gasteiger charge is -2.31. The minimum Gasteiger partial charge on any atom is -0.503 e. The summed E-state index contributed by atoms with van der Waals surface area (Å²) < 4.78 is 1.54. The van der Waals surface area contributed by atoms with Crippen LogP contribution in [0.4, 0.5) is 0 Å². The third-order valence-electron chi connectivity index (χ3n) is 4.00. The zero-order valence-electron chi connectivity index (χ0n) is 12.6. The maximum Gasteiger partial charge on any atom is 0.307 e. The number of aryl methyl sites for hydroxylation is 1. The quantitative estimate of drug-likeness (QED) is 0.689. The van der Waals surface area contributed by atoms with E-state index in [-0.39, 0.29) is 13.0 Å². The summed E-state index contributed by atoms with van der Waals surface area (Å²) in [6.45, 7) is 1.59. The van der Waals surface area contributed by atoms with Crippen molar-refractivity contribution >= 4 is 11.9 Å². The molecule has 1 unspecified atom stereocenters. The molecule has 0 bridgehead atoms. The molecule has 8 heteroatoms. The molecule has 126 valence electrons. The Morgan fingerprint density at radius 3 is 2.70 bits per heavy atom. The summed E-state index contributed by atoms with van der Waals surface area (Å²) in [7, 11) is 0. The third kappa shape index (κ3) is 4.56. The SMILES string of the molecule is O=C(O)CCn1cc(O)c(=O)cc1CN1CCCC(C(=O)O)C1. The summed E-state index contributed by atoms with van der Waals surface area (Å²) in [5.41, 5.74) is 0.0402. The van der Waals surface area contributed by atoms with Crippen LogP contribution in [0.25, 0.3) is 0 Å². The summed E-state index contributed by atoms with van der Waals surface area (Å²) in [4.78, 5) is 35.4. The van der Waals surface area contributed by atoms with Crippen molar-refractivity contribution in [2.45, 2.75) is 32.4 Å². The van der Waals surface area contributed by atoms with E-state index in [4.69, 9.17) is 10.2 Å². The van der Waals surface area contributed by atoms with Crippen LogP contribution in [0, 0.1) is 5.92 Å². The van der Waals surface area contributed by atoms with Crippen molar-refractivity contribution < 1.29 is 24.9 Å². The molecule has 1 fully saturated rings. The molecule has 1 aromatic heterocycles. The van der Waals surface area contributed by atoms with Crippen molar-refractivity contribution in [3.05, 3.63) is 28.2 Å². The molecule has 0 amide bonds. The molecule has 0 saturated carbocycles. The highest BCUT2D eigenvalue weighted by Crippen LogP contribution is 2.19. The fourth-order valence-corrected chi connectivity index (χ4v) is 2.79. The predicted octanol–water partition coefficient (Wildman–Crippen LogP) is 0.325. The van der Waals surface area contributed by atoms with Gasteiger partial charge in [0.2, 0.25) is 5.43 Å². The van der Waals surface area contributed by atoms with E-state index in [2.05, 4.69) is 0 Å². The normalized spacial score (nSPS) is 18.7. The van der Waals surface area contributed by atoms with Gasteiger partial charge in [0.25, 0.3) is 0 Å². The van der Waals surface area contributed by atoms with Gasteiger partial charge in [-0.25, -0.2) is 0 Å². The van der Waals surface area contributed by atoms with Gasteiger partial charge in [0.1, 0.15) is 0 Å². The van der Waals surface area contributed by atoms with Crippen LogP contribution in [0.2, 0.25) is 0 Å². The zero-order chi connectivity index (χ0) is 17.0. The van der Waals surface area contributed by atoms with Gasteiger partial charge in [-0.2, -0.15) is 0 Å². The second kappa shape index (κ2) is 7.28. The van der Waals surface area contributed by atoms with Gasteiger partial charge in [0, 0.05) is 31.4 Å². The number of aromatic nitrogens is 1. The monoisotopic (exact) mass is 324 g/mol. The number of aromatic hydroxyl groups is 1. The molecule has 1 aliphatic rings. The Morgan fingerprint density at radius 1 is 1.30 bits per heavy atom. The minimum absolute atomic E-state index is 0.132. The largest absolute Gasteiger partial charge is 0.503 e. The first-order chi connectivity index (χ1) is 10.9. The van der Waals surface area contributed by atoms with Crippen LogP contribution in [0.5, 0.6) is 5.75 Å². The minimum atomic E-state index is -0.974. The number of aliphatic carboxylic acids is 2. The molecule has 0 radical (unpaired) electrons. The lowest BCUT2D eigenvalue weighted by atomic mass is 9.98. The molecule has 0 aromatic carbocycles. The maximum atomic E-state index is 11.7. The van der Waals surface area contributed by atoms with E-state index in [0.29, 0.717) is 25.2 Å². The van der Waals surface area contributed by atoms with Crippen molar-refractivity contribution in [1.82, 2.24) is 9.47 Å². The number of likely N-dealkylation sites (tertiary alicyclic amines) is 1. The van der Waals surface area contributed by atoms with Crippen molar-refractivity contribution in [3.63, 3.8) is 0 Å². The van der Waals surface area contributed by atoms with Gasteiger partial charge in [-0.15, -0.1) is 0 Å². The Labute approximate surface area is 132 Å². The molecule has 1 aromatic rings. The first-order valence-corrected chi connectivity index (χ1v) is 7.46. The number of hydrogen-bond acceptors (Lipinski definition) is 5. The smallest absolute Gasteiger partial charge is 0.307 e. The van der Waals surface area contributed by atoms with E-state index < -0.39 is 29.0 Å². The van der Waals surface area contributed by atoms with Gasteiger partial charge in [-0.05, 0) is 19.4 Å². The lowest BCUT2D eigenvalue weighted by Crippen LogP contribution is -2.39. The molecule has 2 rings (SSSR count). The number of carboxylic acid groups (broad SMARTS) is 2. The molecule has 8 nitrogen and oxygen atoms in total. The summed E-state index contributed by atoms with van der Waals surface area (Å²) in [5, 5.41) is 27.5. The van der Waals surface area contributed by atoms with Gasteiger partial charge < -0.3 is 19.9 Å². The lowest BCUT2D eigenvalue weighted by molar-refractivity contribution is -0.143. The van der Waals surface area contributed by atoms with Crippen molar-refractivity contribution in [1.29, 1.82) is 0 Å². The highest BCUT2D eigenvalue weighted by Gasteiger charge is 2.25. The van der Waals surface area contributed by atoms with Crippen LogP contribution < -0.4 is 5.43 Å². The first kappa shape index (κ1) is 17.0. The summed E-state index contributed by atoms with van der Waals surface area (Å²) >= 11 is 0. The van der Waals surface area contributed by atoms with Crippen LogP contribution in [0.15, 0.2) is 17.1 Å². The zero-order valence-corrected chi connectivity index (χ0v) is 12.6. The van der Waals surface area contributed by atoms with Gasteiger partial charge in [0.15, 0.2) is 5.75 Å². The van der Waals surface area contributed by atoms with E-state index in [1.54, 1.807) is 0 Å². The summed E-state index contributed by atoms with van der Waals surface area (Å²) in [6, 6.07) is 1.28. The first-order valence-electron chi connectivity index (χ1n) is 7.46. The molecule has 1 saturated heterocycles. The van der Waals surface area contributed by atoms with Crippen LogP contribution in [-0.4, -0.2) is 49.8 Å². The molecule has 1 atom stereocenters. The highest BCUT2D eigenvalue weighted by molar-refractivity contribution is 5.70. The van der Waals surface area contributed by atoms with Crippen LogP contribution in [0.1, 0.15) is 25.0 Å². The molecule has 2 heterocycles. The van der Waals surface area contributed by atoms with Gasteiger partial charge in [-0.1, -0.05) is 0 Å². The Morgan fingerprint density at radius 2 is 2.04 bits per heavy atom. The Bertz CT molecular complexity index is 654. The number of carboxylic acids is 2. The second-order valence-electron chi connectivity index (χ2n) is 5.76. The van der Waals surface area contributed by atoms with Crippen LogP contribution in [-0.2, 0) is 22.7 Å². The Hall–Kier alpha value is -2.35. The second-order valence-corrected chi connectivity index (χ2v) is 5.76. The Balaban J connectivity index is 2.17. The maximum absolute atomic E-state index is 11.7. The number of rotatable bonds is 6. The van der Waals surface area contributed by atoms with Gasteiger partial charge in [0.05, 0.1) is 18.5 Å². The average Bonchev–Trinajstić information content (AvgIpc) is 2.49. The standard InChI is InChI=1S/C15H20N2O6/c18-12-6-11(17(9-13(12)19)5-3-14(20)21)8-16-4-1-2-10(7-16)15(22)23/h6,9-10,19H,1-5,7-8H2,(H,20,21)(H,22,23). The fraction of sp³-hybridized carbons (Fsp3) is 0.533. The van der Waals surface area contributed by atoms with E-state index in [9.17, 15) is 19.5 Å². The molecule has 23 heavy (non-hydrogen) atoms. The average molecular weight is 324 g/mol. The van der Waals surface area contributed by atoms with Crippen LogP contribution in [0.3, 0.4) is 0 Å².